The van der Waals surface area contributed by atoms with Crippen LogP contribution in [0.1, 0.15) is 69.3 Å². The number of nitrogens with one attached hydrogen (secondary N) is 1. The average Bonchev–Trinajstić information content (AvgIpc) is 2.82. The van der Waals surface area contributed by atoms with Crippen LogP contribution in [0.25, 0.3) is 0 Å². The van der Waals surface area contributed by atoms with E-state index in [9.17, 15) is 14.4 Å². The first-order valence-electron chi connectivity index (χ1n) is 12.3. The number of amides is 2. The predicted octanol–water partition coefficient (Wildman–Crippen LogP) is 5.25. The smallest absolute Gasteiger partial charge is 0.308 e. The van der Waals surface area contributed by atoms with Gasteiger partial charge in [0.05, 0.1) is 11.1 Å². The number of ether oxygens (including phenoxy) is 2. The van der Waals surface area contributed by atoms with Gasteiger partial charge in [0.1, 0.15) is 11.5 Å². The molecule has 1 N–H and O–H groups in total. The zero-order chi connectivity index (χ0) is 26.3. The van der Waals surface area contributed by atoms with E-state index in [1.807, 2.05) is 6.07 Å². The minimum Gasteiger partial charge on any atom is -0.492 e. The lowest BCUT2D eigenvalue weighted by molar-refractivity contribution is -0.132. The van der Waals surface area contributed by atoms with Gasteiger partial charge >= 0.3 is 5.97 Å². The van der Waals surface area contributed by atoms with E-state index in [-0.39, 0.29) is 23.3 Å². The molecule has 1 aliphatic heterocycles. The molecule has 0 saturated carbocycles. The predicted molar refractivity (Wildman–Crippen MR) is 142 cm³/mol. The number of esters is 1. The van der Waals surface area contributed by atoms with Crippen LogP contribution < -0.4 is 14.8 Å². The van der Waals surface area contributed by atoms with E-state index in [0.717, 1.165) is 10.2 Å². The lowest BCUT2D eigenvalue weighted by Crippen LogP contribution is -2.46. The van der Waals surface area contributed by atoms with Gasteiger partial charge in [0.15, 0.2) is 0 Å². The fraction of sp³-hybridized carbons (Fsp3) is 0.464. The number of halogens is 1. The molecule has 194 valence electrons. The van der Waals surface area contributed by atoms with Crippen molar-refractivity contribution in [3.63, 3.8) is 0 Å². The van der Waals surface area contributed by atoms with E-state index in [2.05, 4.69) is 54.2 Å². The van der Waals surface area contributed by atoms with Crippen molar-refractivity contribution in [1.82, 2.24) is 10.2 Å². The molecule has 1 aliphatic rings. The van der Waals surface area contributed by atoms with Crippen LogP contribution in [0.4, 0.5) is 0 Å². The van der Waals surface area contributed by atoms with Crippen LogP contribution in [0.15, 0.2) is 46.9 Å². The lowest BCUT2D eigenvalue weighted by atomic mass is 9.87. The normalized spacial score (nSPS) is 14.3. The quantitative estimate of drug-likeness (QED) is 0.271. The molecule has 0 aliphatic carbocycles. The Morgan fingerprint density at radius 1 is 1.08 bits per heavy atom. The molecule has 0 atom stereocenters. The van der Waals surface area contributed by atoms with Gasteiger partial charge in [0.25, 0.3) is 5.91 Å². The molecule has 0 bridgehead atoms. The zero-order valence-electron chi connectivity index (χ0n) is 21.4. The van der Waals surface area contributed by atoms with Crippen LogP contribution in [0.2, 0.25) is 0 Å². The fourth-order valence-electron chi connectivity index (χ4n) is 4.07. The van der Waals surface area contributed by atoms with Gasteiger partial charge in [-0.1, -0.05) is 32.9 Å². The maximum Gasteiger partial charge on any atom is 0.308 e. The Morgan fingerprint density at radius 3 is 2.44 bits per heavy atom. The first-order valence-corrected chi connectivity index (χ1v) is 13.1. The summed E-state index contributed by atoms with van der Waals surface area (Å²) >= 11 is 3.58. The van der Waals surface area contributed by atoms with Crippen molar-refractivity contribution in [3.8, 4) is 11.5 Å². The summed E-state index contributed by atoms with van der Waals surface area (Å²) in [4.78, 5) is 38.2. The molecule has 2 amide bonds. The van der Waals surface area contributed by atoms with Crippen LogP contribution in [-0.4, -0.2) is 48.4 Å². The molecule has 2 aromatic rings. The number of hydrogen-bond acceptors (Lipinski definition) is 5. The van der Waals surface area contributed by atoms with E-state index >= 15 is 0 Å². The molecule has 3 rings (SSSR count). The number of nitrogens with zero attached hydrogens (tertiary/aromatic N) is 1. The third-order valence-electron chi connectivity index (χ3n) is 6.09. The zero-order valence-corrected chi connectivity index (χ0v) is 23.0. The Labute approximate surface area is 221 Å². The number of likely N-dealkylation sites (tertiary alicyclic amines) is 1. The molecule has 36 heavy (non-hydrogen) atoms. The van der Waals surface area contributed by atoms with Gasteiger partial charge in [0, 0.05) is 38.0 Å². The van der Waals surface area contributed by atoms with E-state index in [1.165, 1.54) is 12.5 Å². The van der Waals surface area contributed by atoms with E-state index < -0.39 is 5.97 Å². The highest BCUT2D eigenvalue weighted by Crippen LogP contribution is 2.31. The molecule has 1 saturated heterocycles. The van der Waals surface area contributed by atoms with Crippen molar-refractivity contribution < 1.29 is 23.9 Å². The molecule has 7 nitrogen and oxygen atoms in total. The molecule has 1 heterocycles. The highest BCUT2D eigenvalue weighted by atomic mass is 79.9. The molecular formula is C28H35BrN2O5. The number of carbonyl (C=O) groups excluding carboxylic acids is 3. The van der Waals surface area contributed by atoms with Crippen LogP contribution in [0.5, 0.6) is 11.5 Å². The second-order valence-corrected chi connectivity index (χ2v) is 11.0. The number of benzene rings is 2. The first-order chi connectivity index (χ1) is 17.0. The van der Waals surface area contributed by atoms with E-state index in [1.54, 1.807) is 29.2 Å². The summed E-state index contributed by atoms with van der Waals surface area (Å²) < 4.78 is 11.8. The molecule has 0 aromatic heterocycles. The summed E-state index contributed by atoms with van der Waals surface area (Å²) in [7, 11) is 0. The molecule has 1 fully saturated rings. The van der Waals surface area contributed by atoms with Crippen molar-refractivity contribution in [2.75, 3.05) is 19.7 Å². The minimum atomic E-state index is -0.426. The van der Waals surface area contributed by atoms with Crippen LogP contribution >= 0.6 is 15.9 Å². The molecule has 8 heteroatoms. The summed E-state index contributed by atoms with van der Waals surface area (Å²) in [5, 5.41) is 3.08. The van der Waals surface area contributed by atoms with Gasteiger partial charge in [-0.15, -0.1) is 0 Å². The maximum absolute atomic E-state index is 12.8. The molecule has 0 unspecified atom stereocenters. The van der Waals surface area contributed by atoms with Gasteiger partial charge in [-0.25, -0.2) is 0 Å². The van der Waals surface area contributed by atoms with Crippen molar-refractivity contribution in [1.29, 1.82) is 0 Å². The van der Waals surface area contributed by atoms with Crippen molar-refractivity contribution in [2.45, 2.75) is 64.8 Å². The Balaban J connectivity index is 1.38. The third kappa shape index (κ3) is 8.08. The van der Waals surface area contributed by atoms with Crippen LogP contribution in [-0.2, 0) is 15.0 Å². The second kappa shape index (κ2) is 12.4. The van der Waals surface area contributed by atoms with Crippen molar-refractivity contribution in [2.24, 2.45) is 0 Å². The molecule has 2 aromatic carbocycles. The number of hydrogen-bond donors (Lipinski definition) is 1. The maximum atomic E-state index is 12.8. The number of carbonyl (C=O) groups is 3. The highest BCUT2D eigenvalue weighted by molar-refractivity contribution is 9.10. The molecule has 0 radical (unpaired) electrons. The topological polar surface area (TPSA) is 84.9 Å². The second-order valence-electron chi connectivity index (χ2n) is 10.1. The lowest BCUT2D eigenvalue weighted by Gasteiger charge is -2.32. The fourth-order valence-corrected chi connectivity index (χ4v) is 4.56. The van der Waals surface area contributed by atoms with Gasteiger partial charge in [-0.3, -0.25) is 14.4 Å². The van der Waals surface area contributed by atoms with Crippen molar-refractivity contribution >= 4 is 33.7 Å². The van der Waals surface area contributed by atoms with Crippen molar-refractivity contribution in [3.05, 3.63) is 58.1 Å². The van der Waals surface area contributed by atoms with E-state index in [0.29, 0.717) is 56.7 Å². The Bertz CT molecular complexity index is 1090. The summed E-state index contributed by atoms with van der Waals surface area (Å²) in [6.45, 7) is 9.41. The van der Waals surface area contributed by atoms with Crippen LogP contribution in [0, 0.1) is 0 Å². The summed E-state index contributed by atoms with van der Waals surface area (Å²) in [5.41, 5.74) is 1.78. The van der Waals surface area contributed by atoms with Gasteiger partial charge in [-0.05, 0) is 76.5 Å². The largest absolute Gasteiger partial charge is 0.492 e. The molecular weight excluding hydrogens is 524 g/mol. The summed E-state index contributed by atoms with van der Waals surface area (Å²) in [6, 6.07) is 12.8. The standard InChI is InChI=1S/C28H35BrN2O5/c1-19(32)36-23-8-5-7-20(17-23)27(34)31-14-12-22(13-15-31)30-26(33)9-6-16-35-25-11-10-21(18-24(25)29)28(2,3)4/h5,7-8,10-11,17-18,22H,6,9,12-16H2,1-4H3,(H,30,33). The number of rotatable bonds is 8. The van der Waals surface area contributed by atoms with Gasteiger partial charge in [0.2, 0.25) is 5.91 Å². The Hall–Kier alpha value is -2.87. The summed E-state index contributed by atoms with van der Waals surface area (Å²) in [5.74, 6) is 0.602. The van der Waals surface area contributed by atoms with E-state index in [4.69, 9.17) is 9.47 Å². The number of piperidine rings is 1. The Kier molecular flexibility index (Phi) is 9.54. The van der Waals surface area contributed by atoms with Gasteiger partial charge < -0.3 is 19.7 Å². The highest BCUT2D eigenvalue weighted by Gasteiger charge is 2.25. The average molecular weight is 560 g/mol. The van der Waals surface area contributed by atoms with Gasteiger partial charge in [-0.2, -0.15) is 0 Å². The molecule has 0 spiro atoms. The summed E-state index contributed by atoms with van der Waals surface area (Å²) in [6.07, 6.45) is 2.41. The van der Waals surface area contributed by atoms with Crippen LogP contribution in [0.3, 0.4) is 0 Å². The Morgan fingerprint density at radius 2 is 1.81 bits per heavy atom. The first kappa shape index (κ1) is 27.7. The monoisotopic (exact) mass is 558 g/mol. The minimum absolute atomic E-state index is 0.000365. The third-order valence-corrected chi connectivity index (χ3v) is 6.71. The SMILES string of the molecule is CC(=O)Oc1cccc(C(=O)N2CCC(NC(=O)CCCOc3ccc(C(C)(C)C)cc3Br)CC2)c1.